The molecule has 4 rings (SSSR count). The lowest BCUT2D eigenvalue weighted by Crippen LogP contribution is -2.43. The highest BCUT2D eigenvalue weighted by molar-refractivity contribution is 6.99. The molecule has 1 unspecified atom stereocenters. The number of amides is 2. The van der Waals surface area contributed by atoms with Crippen LogP contribution in [0.5, 0.6) is 11.5 Å². The number of carbonyl (C=O) groups is 2. The van der Waals surface area contributed by atoms with Crippen molar-refractivity contribution in [1.29, 1.82) is 0 Å². The van der Waals surface area contributed by atoms with E-state index < -0.39 is 0 Å². The zero-order valence-electron chi connectivity index (χ0n) is 15.5. The topological polar surface area (TPSA) is 97.3 Å². The molecule has 29 heavy (non-hydrogen) atoms. The summed E-state index contributed by atoms with van der Waals surface area (Å²) < 4.78 is 13.7. The van der Waals surface area contributed by atoms with Crippen molar-refractivity contribution in [2.45, 2.75) is 12.8 Å². The Morgan fingerprint density at radius 1 is 1.17 bits per heavy atom. The highest BCUT2D eigenvalue weighted by Crippen LogP contribution is 2.30. The van der Waals surface area contributed by atoms with Gasteiger partial charge in [0.25, 0.3) is 5.91 Å². The van der Waals surface area contributed by atoms with Gasteiger partial charge in [0.2, 0.25) is 5.91 Å². The number of likely N-dealkylation sites (tertiary alicyclic amines) is 1. The molecule has 1 fully saturated rings. The van der Waals surface area contributed by atoms with E-state index in [2.05, 4.69) is 19.0 Å². The Balaban J connectivity index is 1.43. The summed E-state index contributed by atoms with van der Waals surface area (Å²) in [5.74, 6) is 0.495. The predicted molar refractivity (Wildman–Crippen MR) is 108 cm³/mol. The van der Waals surface area contributed by atoms with Gasteiger partial charge in [-0.1, -0.05) is 12.1 Å². The third-order valence-electron chi connectivity index (χ3n) is 4.67. The van der Waals surface area contributed by atoms with Crippen molar-refractivity contribution in [3.8, 4) is 11.5 Å². The summed E-state index contributed by atoms with van der Waals surface area (Å²) in [6, 6.07) is 10.8. The molecule has 8 nitrogen and oxygen atoms in total. The average molecular weight is 409 g/mol. The number of carbonyl (C=O) groups excluding carboxylic acids is 2. The number of piperidine rings is 1. The molecule has 0 spiro atoms. The summed E-state index contributed by atoms with van der Waals surface area (Å²) >= 11 is 0.998. The van der Waals surface area contributed by atoms with E-state index in [-0.39, 0.29) is 17.7 Å². The zero-order valence-corrected chi connectivity index (χ0v) is 16.3. The van der Waals surface area contributed by atoms with Gasteiger partial charge in [0.05, 0.1) is 35.7 Å². The van der Waals surface area contributed by atoms with E-state index in [1.807, 2.05) is 12.1 Å². The summed E-state index contributed by atoms with van der Waals surface area (Å²) in [4.78, 5) is 31.1. The summed E-state index contributed by atoms with van der Waals surface area (Å²) in [6.45, 7) is 0.967. The van der Waals surface area contributed by atoms with E-state index in [4.69, 9.17) is 4.74 Å². The van der Waals surface area contributed by atoms with Gasteiger partial charge in [-0.2, -0.15) is 8.75 Å². The smallest absolute Gasteiger partial charge is 0.275 e. The van der Waals surface area contributed by atoms with E-state index in [9.17, 15) is 9.59 Å². The van der Waals surface area contributed by atoms with Crippen molar-refractivity contribution in [2.24, 2.45) is 5.92 Å². The van der Waals surface area contributed by atoms with Gasteiger partial charge in [-0.15, -0.1) is 0 Å². The Labute approximate surface area is 171 Å². The minimum Gasteiger partial charge on any atom is -0.454 e. The lowest BCUT2D eigenvalue weighted by atomic mass is 9.96. The fourth-order valence-electron chi connectivity index (χ4n) is 3.22. The first-order valence-corrected chi connectivity index (χ1v) is 9.98. The van der Waals surface area contributed by atoms with Crippen LogP contribution in [-0.4, -0.2) is 43.5 Å². The third kappa shape index (κ3) is 4.57. The Bertz CT molecular complexity index is 981. The lowest BCUT2D eigenvalue weighted by Gasteiger charge is -2.31. The summed E-state index contributed by atoms with van der Waals surface area (Å²) in [5.41, 5.74) is 0.903. The summed E-state index contributed by atoms with van der Waals surface area (Å²) in [7, 11) is 0. The average Bonchev–Trinajstić information content (AvgIpc) is 3.30. The molecule has 1 aromatic carbocycles. The molecule has 3 heterocycles. The van der Waals surface area contributed by atoms with Crippen molar-refractivity contribution in [2.75, 3.05) is 18.4 Å². The summed E-state index contributed by atoms with van der Waals surface area (Å²) in [5, 5.41) is 2.95. The molecule has 9 heteroatoms. The minimum atomic E-state index is -0.300. The maximum Gasteiger partial charge on any atom is 0.275 e. The van der Waals surface area contributed by atoms with E-state index in [1.54, 1.807) is 41.6 Å². The predicted octanol–water partition coefficient (Wildman–Crippen LogP) is 3.22. The zero-order chi connectivity index (χ0) is 20.1. The van der Waals surface area contributed by atoms with Gasteiger partial charge in [0.1, 0.15) is 5.75 Å². The second-order valence-electron chi connectivity index (χ2n) is 6.66. The van der Waals surface area contributed by atoms with Crippen LogP contribution in [0.1, 0.15) is 23.3 Å². The Hall–Kier alpha value is -3.33. The van der Waals surface area contributed by atoms with E-state index in [1.165, 1.54) is 6.20 Å². The van der Waals surface area contributed by atoms with Gasteiger partial charge in [0.15, 0.2) is 11.4 Å². The van der Waals surface area contributed by atoms with Gasteiger partial charge >= 0.3 is 0 Å². The molecule has 148 valence electrons. The van der Waals surface area contributed by atoms with E-state index in [0.29, 0.717) is 36.0 Å². The molecule has 1 N–H and O–H groups in total. The van der Waals surface area contributed by atoms with E-state index >= 15 is 0 Å². The number of benzene rings is 1. The number of hydrogen-bond donors (Lipinski definition) is 1. The molecule has 1 saturated heterocycles. The quantitative estimate of drug-likeness (QED) is 0.695. The van der Waals surface area contributed by atoms with Crippen LogP contribution in [0.15, 0.2) is 55.0 Å². The van der Waals surface area contributed by atoms with Gasteiger partial charge in [-0.3, -0.25) is 14.6 Å². The number of para-hydroxylation sites is 2. The van der Waals surface area contributed by atoms with Crippen molar-refractivity contribution >= 4 is 29.2 Å². The van der Waals surface area contributed by atoms with Crippen LogP contribution in [0.4, 0.5) is 5.69 Å². The Morgan fingerprint density at radius 2 is 2.07 bits per heavy atom. The molecule has 1 atom stereocenters. The number of nitrogens with one attached hydrogen (secondary N) is 1. The van der Waals surface area contributed by atoms with Crippen molar-refractivity contribution in [3.63, 3.8) is 0 Å². The fraction of sp³-hybridized carbons (Fsp3) is 0.250. The molecule has 2 amide bonds. The van der Waals surface area contributed by atoms with Gasteiger partial charge in [-0.25, -0.2) is 0 Å². The lowest BCUT2D eigenvalue weighted by molar-refractivity contribution is -0.121. The molecular weight excluding hydrogens is 390 g/mol. The minimum absolute atomic E-state index is 0.138. The molecule has 3 aromatic rings. The number of rotatable bonds is 5. The number of hydrogen-bond acceptors (Lipinski definition) is 7. The molecule has 0 saturated carbocycles. The molecule has 0 radical (unpaired) electrons. The van der Waals surface area contributed by atoms with Crippen LogP contribution in [0.25, 0.3) is 0 Å². The summed E-state index contributed by atoms with van der Waals surface area (Å²) in [6.07, 6.45) is 6.21. The highest BCUT2D eigenvalue weighted by atomic mass is 32.1. The maximum atomic E-state index is 12.9. The Morgan fingerprint density at radius 3 is 2.86 bits per heavy atom. The number of anilines is 1. The number of nitrogens with zero attached hydrogens (tertiary/aromatic N) is 4. The molecule has 2 aromatic heterocycles. The molecular formula is C20H19N5O3S. The maximum absolute atomic E-state index is 12.9. The SMILES string of the molecule is O=C(Nc1ccccc1Oc1cccnc1)C1CCCN(C(=O)c2cnsn2)C1. The molecule has 0 bridgehead atoms. The van der Waals surface area contributed by atoms with Crippen molar-refractivity contribution in [3.05, 3.63) is 60.7 Å². The first-order valence-electron chi connectivity index (χ1n) is 9.25. The standard InChI is InChI=1S/C20H19N5O3S/c26-19(14-5-4-10-25(13-14)20(27)17-12-22-29-24-17)23-16-7-1-2-8-18(16)28-15-6-3-9-21-11-15/h1-3,6-9,11-12,14H,4-5,10,13H2,(H,23,26). The van der Waals surface area contributed by atoms with Crippen LogP contribution >= 0.6 is 11.7 Å². The first kappa shape index (κ1) is 19.0. The van der Waals surface area contributed by atoms with Crippen molar-refractivity contribution in [1.82, 2.24) is 18.6 Å². The fourth-order valence-corrected chi connectivity index (χ4v) is 3.63. The molecule has 1 aliphatic heterocycles. The van der Waals surface area contributed by atoms with Crippen LogP contribution in [0, 0.1) is 5.92 Å². The van der Waals surface area contributed by atoms with Gasteiger partial charge in [-0.05, 0) is 37.1 Å². The first-order chi connectivity index (χ1) is 14.2. The number of ether oxygens (including phenoxy) is 1. The van der Waals surface area contributed by atoms with Crippen LogP contribution in [-0.2, 0) is 4.79 Å². The monoisotopic (exact) mass is 409 g/mol. The van der Waals surface area contributed by atoms with Crippen LogP contribution in [0.2, 0.25) is 0 Å². The highest BCUT2D eigenvalue weighted by Gasteiger charge is 2.30. The second-order valence-corrected chi connectivity index (χ2v) is 7.22. The molecule has 1 aliphatic rings. The normalized spacial score (nSPS) is 16.3. The van der Waals surface area contributed by atoms with Crippen molar-refractivity contribution < 1.29 is 14.3 Å². The number of aromatic nitrogens is 3. The van der Waals surface area contributed by atoms with Gasteiger partial charge in [0, 0.05) is 19.3 Å². The molecule has 0 aliphatic carbocycles. The largest absolute Gasteiger partial charge is 0.454 e. The Kier molecular flexibility index (Phi) is 5.76. The van der Waals surface area contributed by atoms with E-state index in [0.717, 1.165) is 24.6 Å². The van der Waals surface area contributed by atoms with Crippen LogP contribution in [0.3, 0.4) is 0 Å². The second kappa shape index (κ2) is 8.78. The number of pyridine rings is 1. The van der Waals surface area contributed by atoms with Crippen LogP contribution < -0.4 is 10.1 Å². The third-order valence-corrected chi connectivity index (χ3v) is 5.14. The van der Waals surface area contributed by atoms with Gasteiger partial charge < -0.3 is 15.0 Å².